The van der Waals surface area contributed by atoms with Crippen LogP contribution in [0.4, 0.5) is 5.69 Å². The summed E-state index contributed by atoms with van der Waals surface area (Å²) in [4.78, 5) is 26.4. The van der Waals surface area contributed by atoms with Crippen LogP contribution < -0.4 is 15.4 Å². The molecule has 0 bridgehead atoms. The maximum absolute atomic E-state index is 12.8. The molecule has 0 unspecified atom stereocenters. The van der Waals surface area contributed by atoms with Crippen LogP contribution in [0.25, 0.3) is 0 Å². The molecule has 0 saturated carbocycles. The van der Waals surface area contributed by atoms with Crippen molar-refractivity contribution in [1.29, 1.82) is 5.26 Å². The summed E-state index contributed by atoms with van der Waals surface area (Å²) >= 11 is 5.80. The average Bonchev–Trinajstić information content (AvgIpc) is 2.82. The van der Waals surface area contributed by atoms with Crippen LogP contribution >= 0.6 is 11.6 Å². The number of rotatable bonds is 11. The van der Waals surface area contributed by atoms with Crippen LogP contribution in [-0.4, -0.2) is 56.0 Å². The van der Waals surface area contributed by atoms with Gasteiger partial charge in [0.05, 0.1) is 12.4 Å². The van der Waals surface area contributed by atoms with Gasteiger partial charge in [0.2, 0.25) is 21.8 Å². The molecule has 2 aromatic rings. The minimum absolute atomic E-state index is 0.190. The minimum atomic E-state index is -3.96. The number of aliphatic hydroxyl groups is 1. The molecule has 12 heteroatoms. The van der Waals surface area contributed by atoms with Crippen molar-refractivity contribution >= 4 is 39.1 Å². The largest absolute Gasteiger partial charge is 0.394 e. The second-order valence-corrected chi connectivity index (χ2v) is 9.71. The third kappa shape index (κ3) is 8.00. The molecule has 0 aliphatic carbocycles. The Morgan fingerprint density at radius 1 is 1.12 bits per heavy atom. The monoisotopic (exact) mass is 507 g/mol. The maximum atomic E-state index is 12.8. The lowest BCUT2D eigenvalue weighted by atomic mass is 10.2. The van der Waals surface area contributed by atoms with Gasteiger partial charge in [0.25, 0.3) is 0 Å². The Kier molecular flexibility index (Phi) is 9.83. The van der Waals surface area contributed by atoms with Gasteiger partial charge in [-0.15, -0.1) is 0 Å². The van der Waals surface area contributed by atoms with Crippen LogP contribution in [0.2, 0.25) is 5.02 Å². The number of nitrogens with zero attached hydrogens (tertiary/aromatic N) is 2. The van der Waals surface area contributed by atoms with E-state index in [-0.39, 0.29) is 6.54 Å². The number of hydrogen-bond acceptors (Lipinski definition) is 7. The van der Waals surface area contributed by atoms with Crippen molar-refractivity contribution in [2.75, 3.05) is 19.0 Å². The topological polar surface area (TPSA) is 152 Å². The van der Waals surface area contributed by atoms with Crippen molar-refractivity contribution in [3.05, 3.63) is 64.7 Å². The molecule has 2 amide bonds. The normalized spacial score (nSPS) is 12.8. The number of aliphatic hydroxyl groups excluding tert-OH is 1. The van der Waals surface area contributed by atoms with Gasteiger partial charge in [0.15, 0.2) is 6.19 Å². The number of halogens is 1. The fourth-order valence-corrected chi connectivity index (χ4v) is 4.39. The van der Waals surface area contributed by atoms with E-state index in [0.717, 1.165) is 10.5 Å². The zero-order chi connectivity index (χ0) is 25.3. The number of amides is 2. The van der Waals surface area contributed by atoms with Gasteiger partial charge < -0.3 is 15.3 Å². The van der Waals surface area contributed by atoms with E-state index < -0.39 is 46.3 Å². The summed E-state index contributed by atoms with van der Waals surface area (Å²) in [7, 11) is -2.61. The first-order valence-corrected chi connectivity index (χ1v) is 12.2. The highest BCUT2D eigenvalue weighted by Gasteiger charge is 2.30. The fraction of sp³-hybridized carbons (Fsp3) is 0.318. The number of anilines is 1. The Bertz CT molecular complexity index is 1130. The fourth-order valence-electron chi connectivity index (χ4n) is 2.94. The number of nitriles is 1. The van der Waals surface area contributed by atoms with Crippen LogP contribution in [0.1, 0.15) is 18.1 Å². The maximum Gasteiger partial charge on any atom is 0.243 e. The van der Waals surface area contributed by atoms with Crippen molar-refractivity contribution in [3.8, 4) is 6.19 Å². The summed E-state index contributed by atoms with van der Waals surface area (Å²) in [6.07, 6.45) is 1.81. The highest BCUT2D eigenvalue weighted by Crippen LogP contribution is 2.13. The third-order valence-corrected chi connectivity index (χ3v) is 6.61. The van der Waals surface area contributed by atoms with Gasteiger partial charge in [0, 0.05) is 24.3 Å². The second kappa shape index (κ2) is 12.3. The molecule has 0 radical (unpaired) electrons. The SMILES string of the molecule is C[C@@H](C(=O)NCc1ccc(NC#N)cc1)N(C)C(=O)[C@@H](CO)NS(=O)(=O)Cc1ccc(Cl)cc1. The average molecular weight is 508 g/mol. The van der Waals surface area contributed by atoms with E-state index in [4.69, 9.17) is 16.9 Å². The second-order valence-electron chi connectivity index (χ2n) is 7.52. The van der Waals surface area contributed by atoms with Crippen molar-refractivity contribution in [1.82, 2.24) is 14.9 Å². The minimum Gasteiger partial charge on any atom is -0.394 e. The lowest BCUT2D eigenvalue weighted by Gasteiger charge is -2.28. The van der Waals surface area contributed by atoms with Crippen molar-refractivity contribution in [2.45, 2.75) is 31.3 Å². The number of carbonyl (C=O) groups excluding carboxylic acids is 2. The van der Waals surface area contributed by atoms with Crippen LogP contribution in [0.5, 0.6) is 0 Å². The molecule has 0 aliphatic heterocycles. The first-order chi connectivity index (χ1) is 16.1. The number of nitrogens with one attached hydrogen (secondary N) is 3. The summed E-state index contributed by atoms with van der Waals surface area (Å²) in [5, 5.41) is 23.9. The van der Waals surface area contributed by atoms with Gasteiger partial charge in [0.1, 0.15) is 12.1 Å². The molecule has 0 saturated heterocycles. The molecule has 10 nitrogen and oxygen atoms in total. The van der Waals surface area contributed by atoms with E-state index in [1.807, 2.05) is 6.19 Å². The molecule has 4 N–H and O–H groups in total. The third-order valence-electron chi connectivity index (χ3n) is 5.00. The molecular weight excluding hydrogens is 482 g/mol. The molecule has 34 heavy (non-hydrogen) atoms. The van der Waals surface area contributed by atoms with Gasteiger partial charge in [-0.3, -0.25) is 14.9 Å². The Hall–Kier alpha value is -3.17. The molecule has 2 rings (SSSR count). The Labute approximate surface area is 203 Å². The molecule has 0 aliphatic rings. The number of sulfonamides is 1. The van der Waals surface area contributed by atoms with Crippen molar-refractivity contribution < 1.29 is 23.1 Å². The number of carbonyl (C=O) groups is 2. The lowest BCUT2D eigenvalue weighted by Crippen LogP contribution is -2.54. The highest BCUT2D eigenvalue weighted by molar-refractivity contribution is 7.88. The van der Waals surface area contributed by atoms with E-state index in [9.17, 15) is 23.1 Å². The summed E-state index contributed by atoms with van der Waals surface area (Å²) in [6, 6.07) is 10.6. The first kappa shape index (κ1) is 27.1. The number of hydrogen-bond donors (Lipinski definition) is 4. The summed E-state index contributed by atoms with van der Waals surface area (Å²) in [5.41, 5.74) is 1.85. The molecule has 0 fully saturated rings. The molecule has 2 atom stereocenters. The van der Waals surface area contributed by atoms with Crippen LogP contribution in [0.3, 0.4) is 0 Å². The standard InChI is InChI=1S/C22H26ClN5O5S/c1-15(21(30)25-11-16-5-9-19(10-6-16)26-14-24)28(2)22(31)20(12-29)27-34(32,33)13-17-3-7-18(23)8-4-17/h3-10,15,20,26-27,29H,11-13H2,1-2H3,(H,25,30)/t15-,20+/m0/s1. The van der Waals surface area contributed by atoms with E-state index in [2.05, 4.69) is 15.4 Å². The zero-order valence-electron chi connectivity index (χ0n) is 18.7. The predicted octanol–water partition coefficient (Wildman–Crippen LogP) is 1.18. The van der Waals surface area contributed by atoms with Crippen LogP contribution in [-0.2, 0) is 31.9 Å². The molecule has 0 spiro atoms. The van der Waals surface area contributed by atoms with E-state index in [1.165, 1.54) is 14.0 Å². The van der Waals surface area contributed by atoms with Crippen LogP contribution in [0.15, 0.2) is 48.5 Å². The number of likely N-dealkylation sites (N-methyl/N-ethyl adjacent to an activating group) is 1. The Balaban J connectivity index is 1.95. The lowest BCUT2D eigenvalue weighted by molar-refractivity contribution is -0.140. The molecule has 0 aromatic heterocycles. The Morgan fingerprint density at radius 3 is 2.26 bits per heavy atom. The molecular formula is C22H26ClN5O5S. The van der Waals surface area contributed by atoms with E-state index in [1.54, 1.807) is 48.5 Å². The Morgan fingerprint density at radius 2 is 1.71 bits per heavy atom. The first-order valence-electron chi connectivity index (χ1n) is 10.2. The summed E-state index contributed by atoms with van der Waals surface area (Å²) in [6.45, 7) is 0.902. The van der Waals surface area contributed by atoms with Gasteiger partial charge in [-0.05, 0) is 42.3 Å². The van der Waals surface area contributed by atoms with Crippen molar-refractivity contribution in [3.63, 3.8) is 0 Å². The van der Waals surface area contributed by atoms with Gasteiger partial charge in [-0.1, -0.05) is 35.9 Å². The van der Waals surface area contributed by atoms with E-state index in [0.29, 0.717) is 16.3 Å². The molecule has 182 valence electrons. The van der Waals surface area contributed by atoms with E-state index >= 15 is 0 Å². The van der Waals surface area contributed by atoms with Gasteiger partial charge >= 0.3 is 0 Å². The highest BCUT2D eigenvalue weighted by atomic mass is 35.5. The van der Waals surface area contributed by atoms with Gasteiger partial charge in [-0.25, -0.2) is 13.1 Å². The van der Waals surface area contributed by atoms with Gasteiger partial charge in [-0.2, -0.15) is 5.26 Å². The summed E-state index contributed by atoms with van der Waals surface area (Å²) in [5.74, 6) is -1.62. The summed E-state index contributed by atoms with van der Waals surface area (Å²) < 4.78 is 27.2. The molecule has 0 heterocycles. The van der Waals surface area contributed by atoms with Crippen molar-refractivity contribution in [2.24, 2.45) is 0 Å². The number of benzene rings is 2. The smallest absolute Gasteiger partial charge is 0.243 e. The van der Waals surface area contributed by atoms with Crippen LogP contribution in [0, 0.1) is 11.5 Å². The quantitative estimate of drug-likeness (QED) is 0.263. The molecule has 2 aromatic carbocycles. The zero-order valence-corrected chi connectivity index (χ0v) is 20.2. The predicted molar refractivity (Wildman–Crippen MR) is 128 cm³/mol.